The largest absolute Gasteiger partial charge is 0.496 e. The molecule has 3 aromatic carbocycles. The highest BCUT2D eigenvalue weighted by molar-refractivity contribution is 7.93. The smallest absolute Gasteiger partial charge is 0.411 e. The van der Waals surface area contributed by atoms with Crippen LogP contribution < -0.4 is 23.8 Å². The molecule has 12 heteroatoms. The topological polar surface area (TPSA) is 123 Å². The van der Waals surface area contributed by atoms with E-state index in [-0.39, 0.29) is 28.1 Å². The molecule has 1 amide bonds. The fraction of sp³-hybridized carbons (Fsp3) is 0.207. The van der Waals surface area contributed by atoms with Gasteiger partial charge in [0.1, 0.15) is 22.6 Å². The number of sulfonamides is 1. The first-order chi connectivity index (χ1) is 19.8. The Balaban J connectivity index is 1.53. The monoisotopic (exact) mass is 577 g/mol. The van der Waals surface area contributed by atoms with Crippen LogP contribution in [0, 0.1) is 0 Å². The molecule has 5 rings (SSSR count). The number of hydrogen-bond acceptors (Lipinski definition) is 9. The van der Waals surface area contributed by atoms with Crippen molar-refractivity contribution in [2.45, 2.75) is 4.90 Å². The van der Waals surface area contributed by atoms with Crippen LogP contribution in [0.3, 0.4) is 0 Å². The summed E-state index contributed by atoms with van der Waals surface area (Å²) in [4.78, 5) is 14.0. The van der Waals surface area contributed by atoms with E-state index in [2.05, 4.69) is 21.4 Å². The number of carbonyl (C=O) groups excluding carboxylic acids is 1. The molecule has 1 aromatic heterocycles. The number of ether oxygens (including phenoxy) is 3. The average molecular weight is 578 g/mol. The van der Waals surface area contributed by atoms with Crippen LogP contribution in [0.15, 0.2) is 76.7 Å². The number of rotatable bonds is 9. The van der Waals surface area contributed by atoms with Gasteiger partial charge in [0.25, 0.3) is 10.0 Å². The second kappa shape index (κ2) is 11.3. The lowest BCUT2D eigenvalue weighted by molar-refractivity contribution is -0.440. The lowest BCUT2D eigenvalue weighted by Gasteiger charge is -2.26. The summed E-state index contributed by atoms with van der Waals surface area (Å²) >= 11 is 0. The van der Waals surface area contributed by atoms with E-state index in [0.29, 0.717) is 36.4 Å². The maximum Gasteiger partial charge on any atom is 0.411 e. The predicted octanol–water partition coefficient (Wildman–Crippen LogP) is 3.94. The summed E-state index contributed by atoms with van der Waals surface area (Å²) in [6.07, 6.45) is 3.15. The van der Waals surface area contributed by atoms with Crippen LogP contribution in [0.5, 0.6) is 17.2 Å². The molecule has 0 spiro atoms. The summed E-state index contributed by atoms with van der Waals surface area (Å²) in [6.45, 7) is 5.26. The SMILES string of the molecule is C=CC(=O)[N+]1=CCN(c2ccccc2-c2cc(OC)c3c(NS(=O)(=O)c4c(OC)cccc4OC)noc3c2)CC1. The molecule has 0 unspecified atom stereocenters. The van der Waals surface area contributed by atoms with Crippen molar-refractivity contribution in [1.29, 1.82) is 0 Å². The van der Waals surface area contributed by atoms with Crippen molar-refractivity contribution in [2.24, 2.45) is 0 Å². The number of methoxy groups -OCH3 is 3. The molecule has 0 atom stereocenters. The molecule has 0 aliphatic carbocycles. The summed E-state index contributed by atoms with van der Waals surface area (Å²) in [5.74, 6) is 0.423. The van der Waals surface area contributed by atoms with E-state index < -0.39 is 10.0 Å². The summed E-state index contributed by atoms with van der Waals surface area (Å²) in [6, 6.07) is 16.1. The first kappa shape index (κ1) is 27.7. The Hall–Kier alpha value is -4.84. The minimum atomic E-state index is -4.20. The molecule has 0 radical (unpaired) electrons. The van der Waals surface area contributed by atoms with Gasteiger partial charge in [0.2, 0.25) is 0 Å². The van der Waals surface area contributed by atoms with Crippen molar-refractivity contribution < 1.29 is 36.5 Å². The first-order valence-electron chi connectivity index (χ1n) is 12.6. The third-order valence-corrected chi connectivity index (χ3v) is 8.19. The van der Waals surface area contributed by atoms with Crippen molar-refractivity contribution >= 4 is 44.6 Å². The molecule has 0 fully saturated rings. The third kappa shape index (κ3) is 5.21. The number of para-hydroxylation sites is 1. The minimum absolute atomic E-state index is 0.0396. The van der Waals surface area contributed by atoms with Crippen molar-refractivity contribution in [2.75, 3.05) is 50.6 Å². The van der Waals surface area contributed by atoms with Crippen LogP contribution >= 0.6 is 0 Å². The van der Waals surface area contributed by atoms with Crippen LogP contribution in [0.25, 0.3) is 22.1 Å². The molecule has 2 heterocycles. The number of nitrogens with one attached hydrogen (secondary N) is 1. The zero-order valence-corrected chi connectivity index (χ0v) is 23.6. The molecule has 11 nitrogen and oxygen atoms in total. The van der Waals surface area contributed by atoms with Gasteiger partial charge in [-0.05, 0) is 35.9 Å². The minimum Gasteiger partial charge on any atom is -0.496 e. The predicted molar refractivity (Wildman–Crippen MR) is 155 cm³/mol. The van der Waals surface area contributed by atoms with Crippen LogP contribution in [0.2, 0.25) is 0 Å². The second-order valence-corrected chi connectivity index (χ2v) is 10.7. The van der Waals surface area contributed by atoms with Crippen molar-refractivity contribution in [3.63, 3.8) is 0 Å². The molecule has 1 aliphatic heterocycles. The normalized spacial score (nSPS) is 13.4. The van der Waals surface area contributed by atoms with Crippen LogP contribution in [0.1, 0.15) is 0 Å². The van der Waals surface area contributed by atoms with Crippen molar-refractivity contribution in [3.05, 3.63) is 67.3 Å². The van der Waals surface area contributed by atoms with Gasteiger partial charge in [-0.1, -0.05) is 36.0 Å². The number of fused-ring (bicyclic) bond motifs is 1. The van der Waals surface area contributed by atoms with E-state index in [9.17, 15) is 13.2 Å². The van der Waals surface area contributed by atoms with Gasteiger partial charge in [0, 0.05) is 17.3 Å². The van der Waals surface area contributed by atoms with E-state index in [4.69, 9.17) is 18.7 Å². The Labute approximate surface area is 237 Å². The number of benzene rings is 3. The summed E-state index contributed by atoms with van der Waals surface area (Å²) in [5.41, 5.74) is 2.97. The number of nitrogens with zero attached hydrogens (tertiary/aromatic N) is 3. The highest BCUT2D eigenvalue weighted by Crippen LogP contribution is 2.41. The highest BCUT2D eigenvalue weighted by atomic mass is 32.2. The number of amides is 1. The van der Waals surface area contributed by atoms with Gasteiger partial charge in [-0.2, -0.15) is 4.58 Å². The number of aromatic nitrogens is 1. The Bertz CT molecular complexity index is 1760. The maximum absolute atomic E-state index is 13.5. The Morgan fingerprint density at radius 2 is 1.76 bits per heavy atom. The van der Waals surface area contributed by atoms with Gasteiger partial charge in [0.05, 0.1) is 34.4 Å². The van der Waals surface area contributed by atoms with Crippen LogP contribution in [-0.2, 0) is 14.8 Å². The fourth-order valence-electron chi connectivity index (χ4n) is 4.82. The number of hydrogen-bond donors (Lipinski definition) is 1. The fourth-order valence-corrected chi connectivity index (χ4v) is 6.15. The quantitative estimate of drug-likeness (QED) is 0.233. The molecule has 1 N–H and O–H groups in total. The Morgan fingerprint density at radius 3 is 2.39 bits per heavy atom. The van der Waals surface area contributed by atoms with Gasteiger partial charge in [-0.15, -0.1) is 0 Å². The van der Waals surface area contributed by atoms with E-state index in [0.717, 1.165) is 16.8 Å². The first-order valence-corrected chi connectivity index (χ1v) is 14.1. The second-order valence-electron chi connectivity index (χ2n) is 9.06. The molecular weight excluding hydrogens is 548 g/mol. The molecule has 4 aromatic rings. The lowest BCUT2D eigenvalue weighted by Crippen LogP contribution is -2.41. The van der Waals surface area contributed by atoms with Gasteiger partial charge < -0.3 is 23.6 Å². The zero-order valence-electron chi connectivity index (χ0n) is 22.8. The van der Waals surface area contributed by atoms with E-state index in [1.54, 1.807) is 22.8 Å². The summed E-state index contributed by atoms with van der Waals surface area (Å²) in [7, 11) is 0.0370. The van der Waals surface area contributed by atoms with Gasteiger partial charge in [0.15, 0.2) is 29.1 Å². The standard InChI is InChI=1S/C29H29N4O7S/c1-5-26(34)33-15-13-32(14-16-33)21-10-7-6-9-20(21)19-17-24(39-4)27-25(18-19)40-30-29(27)31-41(35,36)28-22(37-2)11-8-12-23(28)38-3/h5-12,15,17-18H,1,13-14,16H2,2-4H3,(H,30,31)/q+1. The Kier molecular flexibility index (Phi) is 7.66. The molecule has 0 saturated heterocycles. The van der Waals surface area contributed by atoms with E-state index in [1.807, 2.05) is 30.5 Å². The lowest BCUT2D eigenvalue weighted by atomic mass is 10.0. The van der Waals surface area contributed by atoms with Crippen molar-refractivity contribution in [1.82, 2.24) is 5.16 Å². The van der Waals surface area contributed by atoms with Gasteiger partial charge >= 0.3 is 5.91 Å². The number of anilines is 2. The zero-order chi connectivity index (χ0) is 29.1. The third-order valence-electron chi connectivity index (χ3n) is 6.79. The maximum atomic E-state index is 13.5. The molecule has 0 saturated carbocycles. The molecule has 41 heavy (non-hydrogen) atoms. The van der Waals surface area contributed by atoms with E-state index >= 15 is 0 Å². The molecule has 212 valence electrons. The molecule has 0 bridgehead atoms. The van der Waals surface area contributed by atoms with Crippen LogP contribution in [-0.4, -0.2) is 71.2 Å². The number of carbonyl (C=O) groups is 1. The molecule has 1 aliphatic rings. The van der Waals surface area contributed by atoms with Gasteiger partial charge in [-0.3, -0.25) is 4.72 Å². The highest BCUT2D eigenvalue weighted by Gasteiger charge is 2.29. The average Bonchev–Trinajstić information content (AvgIpc) is 3.41. The van der Waals surface area contributed by atoms with Crippen molar-refractivity contribution in [3.8, 4) is 28.4 Å². The van der Waals surface area contributed by atoms with Gasteiger partial charge in [-0.25, -0.2) is 13.2 Å². The van der Waals surface area contributed by atoms with Crippen LogP contribution in [0.4, 0.5) is 11.5 Å². The summed E-state index contributed by atoms with van der Waals surface area (Å²) < 4.78 is 52.9. The Morgan fingerprint density at radius 1 is 1.05 bits per heavy atom. The molecular formula is C29H29N4O7S+. The van der Waals surface area contributed by atoms with E-state index in [1.165, 1.54) is 39.5 Å². The summed E-state index contributed by atoms with van der Waals surface area (Å²) in [5, 5.41) is 4.38.